The Morgan fingerprint density at radius 2 is 2.11 bits per heavy atom. The summed E-state index contributed by atoms with van der Waals surface area (Å²) in [6.07, 6.45) is 0.709. The molecule has 0 saturated carbocycles. The van der Waals surface area contributed by atoms with Gasteiger partial charge in [-0.15, -0.1) is 11.3 Å². The van der Waals surface area contributed by atoms with Crippen molar-refractivity contribution in [3.63, 3.8) is 0 Å². The number of rotatable bonds is 5. The summed E-state index contributed by atoms with van der Waals surface area (Å²) in [4.78, 5) is 1.16. The second-order valence-electron chi connectivity index (χ2n) is 4.14. The Labute approximate surface area is 121 Å². The van der Waals surface area contributed by atoms with Gasteiger partial charge in [0.1, 0.15) is 0 Å². The van der Waals surface area contributed by atoms with Gasteiger partial charge >= 0.3 is 0 Å². The van der Waals surface area contributed by atoms with Crippen LogP contribution >= 0.6 is 22.9 Å². The van der Waals surface area contributed by atoms with Gasteiger partial charge in [-0.2, -0.15) is 0 Å². The fourth-order valence-corrected chi connectivity index (χ4v) is 2.99. The van der Waals surface area contributed by atoms with Crippen LogP contribution in [0.3, 0.4) is 0 Å². The third-order valence-electron chi connectivity index (χ3n) is 2.86. The number of ether oxygens (including phenoxy) is 2. The molecule has 0 saturated heterocycles. The van der Waals surface area contributed by atoms with Crippen molar-refractivity contribution < 1.29 is 9.47 Å². The molecule has 5 heteroatoms. The summed E-state index contributed by atoms with van der Waals surface area (Å²) in [5, 5.41) is 2.56. The molecular formula is C14H16ClNO2S. The zero-order valence-corrected chi connectivity index (χ0v) is 12.4. The molecule has 2 aromatic rings. The largest absolute Gasteiger partial charge is 0.493 e. The lowest BCUT2D eigenvalue weighted by atomic mass is 10.0. The van der Waals surface area contributed by atoms with Crippen LogP contribution in [-0.2, 0) is 6.42 Å². The van der Waals surface area contributed by atoms with Gasteiger partial charge in [0.25, 0.3) is 0 Å². The molecule has 0 fully saturated rings. The summed E-state index contributed by atoms with van der Waals surface area (Å²) < 4.78 is 10.5. The van der Waals surface area contributed by atoms with Crippen molar-refractivity contribution in [2.24, 2.45) is 5.73 Å². The van der Waals surface area contributed by atoms with Crippen molar-refractivity contribution in [3.8, 4) is 11.5 Å². The molecule has 2 rings (SSSR count). The molecule has 1 atom stereocenters. The maximum absolute atomic E-state index is 6.18. The average molecular weight is 298 g/mol. The van der Waals surface area contributed by atoms with E-state index in [0.29, 0.717) is 22.9 Å². The first-order chi connectivity index (χ1) is 9.15. The fourth-order valence-electron chi connectivity index (χ4n) is 1.95. The molecule has 102 valence electrons. The van der Waals surface area contributed by atoms with Crippen molar-refractivity contribution in [2.45, 2.75) is 12.5 Å². The lowest BCUT2D eigenvalue weighted by molar-refractivity contribution is 0.354. The highest BCUT2D eigenvalue weighted by atomic mass is 35.5. The predicted octanol–water partition coefficient (Wildman–Crippen LogP) is 3.66. The Hall–Kier alpha value is -1.23. The molecule has 0 spiro atoms. The second-order valence-corrected chi connectivity index (χ2v) is 5.53. The summed E-state index contributed by atoms with van der Waals surface area (Å²) in [5.41, 5.74) is 7.21. The minimum Gasteiger partial charge on any atom is -0.493 e. The molecule has 1 aromatic carbocycles. The lowest BCUT2D eigenvalue weighted by Crippen LogP contribution is -2.11. The van der Waals surface area contributed by atoms with Crippen molar-refractivity contribution >= 4 is 22.9 Å². The van der Waals surface area contributed by atoms with Crippen LogP contribution in [0.2, 0.25) is 5.02 Å². The summed E-state index contributed by atoms with van der Waals surface area (Å²) in [6.45, 7) is 0. The lowest BCUT2D eigenvalue weighted by Gasteiger charge is -2.14. The third-order valence-corrected chi connectivity index (χ3v) is 4.14. The minimum absolute atomic E-state index is 0.0332. The first-order valence-corrected chi connectivity index (χ1v) is 7.11. The molecule has 19 heavy (non-hydrogen) atoms. The van der Waals surface area contributed by atoms with E-state index in [9.17, 15) is 0 Å². The predicted molar refractivity (Wildman–Crippen MR) is 79.5 cm³/mol. The molecule has 0 aliphatic heterocycles. The molecule has 0 aliphatic rings. The number of hydrogen-bond donors (Lipinski definition) is 1. The molecule has 0 bridgehead atoms. The van der Waals surface area contributed by atoms with E-state index in [4.69, 9.17) is 26.8 Å². The molecule has 0 aliphatic carbocycles. The van der Waals surface area contributed by atoms with Gasteiger partial charge < -0.3 is 15.2 Å². The summed E-state index contributed by atoms with van der Waals surface area (Å²) >= 11 is 7.84. The number of hydrogen-bond acceptors (Lipinski definition) is 4. The molecule has 3 nitrogen and oxygen atoms in total. The third kappa shape index (κ3) is 3.21. The second kappa shape index (κ2) is 6.28. The van der Waals surface area contributed by atoms with Crippen LogP contribution < -0.4 is 15.2 Å². The van der Waals surface area contributed by atoms with Gasteiger partial charge in [-0.25, -0.2) is 0 Å². The molecule has 2 N–H and O–H groups in total. The quantitative estimate of drug-likeness (QED) is 0.916. The molecule has 0 radical (unpaired) electrons. The van der Waals surface area contributed by atoms with Crippen molar-refractivity contribution in [1.82, 2.24) is 0 Å². The van der Waals surface area contributed by atoms with E-state index >= 15 is 0 Å². The topological polar surface area (TPSA) is 44.5 Å². The summed E-state index contributed by atoms with van der Waals surface area (Å²) in [7, 11) is 3.16. The standard InChI is InChI=1S/C14H16ClNO2S/c1-17-12-8-9(6-10(15)14(12)18-2)7-11(16)13-4-3-5-19-13/h3-6,8,11H,7,16H2,1-2H3. The highest BCUT2D eigenvalue weighted by molar-refractivity contribution is 7.10. The Morgan fingerprint density at radius 1 is 1.32 bits per heavy atom. The summed E-state index contributed by atoms with van der Waals surface area (Å²) in [6, 6.07) is 7.79. The van der Waals surface area contributed by atoms with Gasteiger partial charge in [0.05, 0.1) is 19.2 Å². The Kier molecular flexibility index (Phi) is 4.69. The van der Waals surface area contributed by atoms with Gasteiger partial charge in [-0.1, -0.05) is 17.7 Å². The van der Waals surface area contributed by atoms with Gasteiger partial charge in [0.15, 0.2) is 11.5 Å². The van der Waals surface area contributed by atoms with Crippen LogP contribution in [0.5, 0.6) is 11.5 Å². The zero-order chi connectivity index (χ0) is 13.8. The van der Waals surface area contributed by atoms with Gasteiger partial charge in [-0.05, 0) is 35.6 Å². The van der Waals surface area contributed by atoms with E-state index in [1.54, 1.807) is 25.6 Å². The first kappa shape index (κ1) is 14.2. The number of methoxy groups -OCH3 is 2. The van der Waals surface area contributed by atoms with E-state index in [1.165, 1.54) is 0 Å². The van der Waals surface area contributed by atoms with E-state index in [0.717, 1.165) is 10.4 Å². The number of nitrogens with two attached hydrogens (primary N) is 1. The van der Waals surface area contributed by atoms with Gasteiger partial charge in [0.2, 0.25) is 0 Å². The molecule has 1 aromatic heterocycles. The number of benzene rings is 1. The van der Waals surface area contributed by atoms with Crippen molar-refractivity contribution in [1.29, 1.82) is 0 Å². The monoisotopic (exact) mass is 297 g/mol. The zero-order valence-electron chi connectivity index (χ0n) is 10.9. The van der Waals surface area contributed by atoms with Gasteiger partial charge in [-0.3, -0.25) is 0 Å². The van der Waals surface area contributed by atoms with Crippen LogP contribution in [0.25, 0.3) is 0 Å². The summed E-state index contributed by atoms with van der Waals surface area (Å²) in [5.74, 6) is 1.18. The molecule has 1 heterocycles. The van der Waals surface area contributed by atoms with Gasteiger partial charge in [0, 0.05) is 10.9 Å². The average Bonchev–Trinajstić information content (AvgIpc) is 2.92. The van der Waals surface area contributed by atoms with E-state index < -0.39 is 0 Å². The molecule has 1 unspecified atom stereocenters. The van der Waals surface area contributed by atoms with Crippen molar-refractivity contribution in [2.75, 3.05) is 14.2 Å². The maximum atomic E-state index is 6.18. The fraction of sp³-hybridized carbons (Fsp3) is 0.286. The molecular weight excluding hydrogens is 282 g/mol. The SMILES string of the molecule is COc1cc(CC(N)c2cccs2)cc(Cl)c1OC. The number of halogens is 1. The van der Waals surface area contributed by atoms with E-state index in [1.807, 2.05) is 29.6 Å². The Morgan fingerprint density at radius 3 is 2.68 bits per heavy atom. The van der Waals surface area contributed by atoms with Crippen molar-refractivity contribution in [3.05, 3.63) is 45.1 Å². The van der Waals surface area contributed by atoms with Crippen LogP contribution in [0.4, 0.5) is 0 Å². The van der Waals surface area contributed by atoms with E-state index in [2.05, 4.69) is 0 Å². The highest BCUT2D eigenvalue weighted by Gasteiger charge is 2.14. The van der Waals surface area contributed by atoms with Crippen LogP contribution in [-0.4, -0.2) is 14.2 Å². The van der Waals surface area contributed by atoms with Crippen LogP contribution in [0.1, 0.15) is 16.5 Å². The Bertz CT molecular complexity index is 543. The Balaban J connectivity index is 2.24. The minimum atomic E-state index is -0.0332. The molecule has 0 amide bonds. The normalized spacial score (nSPS) is 12.2. The van der Waals surface area contributed by atoms with Crippen LogP contribution in [0.15, 0.2) is 29.6 Å². The van der Waals surface area contributed by atoms with Crippen LogP contribution in [0, 0.1) is 0 Å². The first-order valence-electron chi connectivity index (χ1n) is 5.85. The maximum Gasteiger partial charge on any atom is 0.179 e. The number of thiophene rings is 1. The van der Waals surface area contributed by atoms with E-state index in [-0.39, 0.29) is 6.04 Å². The highest BCUT2D eigenvalue weighted by Crippen LogP contribution is 2.37. The smallest absolute Gasteiger partial charge is 0.179 e.